The summed E-state index contributed by atoms with van der Waals surface area (Å²) in [5.41, 5.74) is -0.499. The molecule has 0 radical (unpaired) electrons. The lowest BCUT2D eigenvalue weighted by Crippen LogP contribution is -2.36. The largest absolute Gasteiger partial charge is 0.457 e. The fourth-order valence-electron chi connectivity index (χ4n) is 1.59. The molecule has 0 saturated heterocycles. The molecule has 0 aliphatic heterocycles. The summed E-state index contributed by atoms with van der Waals surface area (Å²) in [5.74, 6) is -5.78. The van der Waals surface area contributed by atoms with E-state index in [4.69, 9.17) is 4.74 Å². The molecule has 110 valence electrons. The van der Waals surface area contributed by atoms with Gasteiger partial charge in [-0.2, -0.15) is 8.78 Å². The lowest BCUT2D eigenvalue weighted by atomic mass is 10.1. The van der Waals surface area contributed by atoms with Gasteiger partial charge in [0.1, 0.15) is 11.5 Å². The number of benzene rings is 2. The van der Waals surface area contributed by atoms with E-state index < -0.39 is 23.7 Å². The predicted molar refractivity (Wildman–Crippen MR) is 68.2 cm³/mol. The number of alkyl halides is 4. The van der Waals surface area contributed by atoms with Gasteiger partial charge in [0.15, 0.2) is 0 Å². The smallest absolute Gasteiger partial charge is 0.368 e. The molecule has 2 nitrogen and oxygen atoms in total. The topological polar surface area (TPSA) is 26.3 Å². The van der Waals surface area contributed by atoms with Crippen LogP contribution in [0, 0.1) is 0 Å². The van der Waals surface area contributed by atoms with E-state index in [1.807, 2.05) is 0 Å². The number of carbonyl (C=O) groups is 1. The molecule has 2 aromatic rings. The number of para-hydroxylation sites is 1. The molecule has 0 unspecified atom stereocenters. The van der Waals surface area contributed by atoms with Crippen LogP contribution < -0.4 is 4.74 Å². The number of carbonyl (C=O) groups excluding carboxylic acids is 1. The van der Waals surface area contributed by atoms with Gasteiger partial charge < -0.3 is 4.74 Å². The molecular weight excluding hydrogens is 288 g/mol. The summed E-state index contributed by atoms with van der Waals surface area (Å²) in [6.07, 6.45) is -4.04. The van der Waals surface area contributed by atoms with E-state index in [0.29, 0.717) is 11.5 Å². The van der Waals surface area contributed by atoms with Gasteiger partial charge in [-0.05, 0) is 36.4 Å². The van der Waals surface area contributed by atoms with Crippen LogP contribution in [0.5, 0.6) is 11.5 Å². The first-order valence-corrected chi connectivity index (χ1v) is 5.95. The Morgan fingerprint density at radius 3 is 1.95 bits per heavy atom. The number of halogens is 4. The maximum absolute atomic E-state index is 12.9. The molecule has 0 spiro atoms. The second-order valence-electron chi connectivity index (χ2n) is 4.19. The molecule has 0 bridgehead atoms. The standard InChI is InChI=1S/C15H10F4O2/c16-14(17)15(18,19)13(20)10-6-8-12(9-7-10)21-11-4-2-1-3-5-11/h1-9,14H. The molecule has 6 heteroatoms. The van der Waals surface area contributed by atoms with Gasteiger partial charge in [0.05, 0.1) is 0 Å². The van der Waals surface area contributed by atoms with Crippen molar-refractivity contribution in [2.75, 3.05) is 0 Å². The Bertz CT molecular complexity index is 609. The van der Waals surface area contributed by atoms with E-state index in [-0.39, 0.29) is 0 Å². The van der Waals surface area contributed by atoms with Crippen LogP contribution in [0.25, 0.3) is 0 Å². The summed E-state index contributed by atoms with van der Waals surface area (Å²) in [6, 6.07) is 13.2. The van der Waals surface area contributed by atoms with Crippen LogP contribution in [0.4, 0.5) is 17.6 Å². The Hall–Kier alpha value is -2.37. The first kappa shape index (κ1) is 15.0. The average molecular weight is 298 g/mol. The third-order valence-electron chi connectivity index (χ3n) is 2.67. The highest BCUT2D eigenvalue weighted by atomic mass is 19.3. The maximum atomic E-state index is 12.9. The Balaban J connectivity index is 2.14. The third-order valence-corrected chi connectivity index (χ3v) is 2.67. The highest BCUT2D eigenvalue weighted by molar-refractivity contribution is 6.01. The number of ether oxygens (including phenoxy) is 1. The molecule has 0 aliphatic rings. The lowest BCUT2D eigenvalue weighted by molar-refractivity contribution is -0.0958. The first-order valence-electron chi connectivity index (χ1n) is 5.95. The Labute approximate surface area is 118 Å². The van der Waals surface area contributed by atoms with Gasteiger partial charge in [-0.25, -0.2) is 8.78 Å². The van der Waals surface area contributed by atoms with E-state index in [2.05, 4.69) is 0 Å². The Morgan fingerprint density at radius 2 is 1.43 bits per heavy atom. The minimum atomic E-state index is -4.69. The minimum absolute atomic E-state index is 0.304. The van der Waals surface area contributed by atoms with Gasteiger partial charge in [0.2, 0.25) is 5.78 Å². The summed E-state index contributed by atoms with van der Waals surface area (Å²) in [5, 5.41) is 0. The van der Waals surface area contributed by atoms with Gasteiger partial charge >= 0.3 is 12.3 Å². The van der Waals surface area contributed by atoms with Gasteiger partial charge in [-0.15, -0.1) is 0 Å². The van der Waals surface area contributed by atoms with Crippen LogP contribution in [0.15, 0.2) is 54.6 Å². The molecule has 2 rings (SSSR count). The van der Waals surface area contributed by atoms with Crippen LogP contribution in [-0.2, 0) is 0 Å². The number of Topliss-reactive ketones (excluding diaryl/α,β-unsaturated/α-hetero) is 1. The zero-order valence-corrected chi connectivity index (χ0v) is 10.6. The molecule has 0 saturated carbocycles. The fourth-order valence-corrected chi connectivity index (χ4v) is 1.59. The van der Waals surface area contributed by atoms with Crippen molar-refractivity contribution in [3.8, 4) is 11.5 Å². The number of hydrogen-bond acceptors (Lipinski definition) is 2. The second-order valence-corrected chi connectivity index (χ2v) is 4.19. The molecule has 21 heavy (non-hydrogen) atoms. The summed E-state index contributed by atoms with van der Waals surface area (Å²) in [6.45, 7) is 0. The highest BCUT2D eigenvalue weighted by Gasteiger charge is 2.48. The van der Waals surface area contributed by atoms with Crippen LogP contribution in [0.1, 0.15) is 10.4 Å². The Kier molecular flexibility index (Phi) is 4.26. The van der Waals surface area contributed by atoms with Gasteiger partial charge in [-0.1, -0.05) is 18.2 Å². The number of rotatable bonds is 5. The molecule has 0 heterocycles. The second kappa shape index (κ2) is 5.95. The number of hydrogen-bond donors (Lipinski definition) is 0. The van der Waals surface area contributed by atoms with Crippen LogP contribution in [-0.4, -0.2) is 18.1 Å². The monoisotopic (exact) mass is 298 g/mol. The molecule has 0 atom stereocenters. The molecular formula is C15H10F4O2. The summed E-state index contributed by atoms with van der Waals surface area (Å²) < 4.78 is 55.5. The summed E-state index contributed by atoms with van der Waals surface area (Å²) in [4.78, 5) is 11.3. The Morgan fingerprint density at radius 1 is 0.905 bits per heavy atom. The van der Waals surface area contributed by atoms with E-state index in [1.165, 1.54) is 12.1 Å². The van der Waals surface area contributed by atoms with Crippen LogP contribution >= 0.6 is 0 Å². The van der Waals surface area contributed by atoms with E-state index >= 15 is 0 Å². The van der Waals surface area contributed by atoms with Crippen molar-refractivity contribution in [2.24, 2.45) is 0 Å². The van der Waals surface area contributed by atoms with Gasteiger partial charge in [-0.3, -0.25) is 4.79 Å². The third kappa shape index (κ3) is 3.39. The van der Waals surface area contributed by atoms with E-state index in [9.17, 15) is 22.4 Å². The maximum Gasteiger partial charge on any atom is 0.368 e. The zero-order valence-electron chi connectivity index (χ0n) is 10.6. The van der Waals surface area contributed by atoms with Gasteiger partial charge in [0, 0.05) is 5.56 Å². The highest BCUT2D eigenvalue weighted by Crippen LogP contribution is 2.28. The normalized spacial score (nSPS) is 11.5. The molecule has 0 aromatic heterocycles. The SMILES string of the molecule is O=C(c1ccc(Oc2ccccc2)cc1)C(F)(F)C(F)F. The van der Waals surface area contributed by atoms with E-state index in [0.717, 1.165) is 12.1 Å². The van der Waals surface area contributed by atoms with Crippen molar-refractivity contribution in [3.05, 3.63) is 60.2 Å². The molecule has 0 aliphatic carbocycles. The van der Waals surface area contributed by atoms with Crippen molar-refractivity contribution in [1.82, 2.24) is 0 Å². The summed E-state index contributed by atoms with van der Waals surface area (Å²) in [7, 11) is 0. The minimum Gasteiger partial charge on any atom is -0.457 e. The average Bonchev–Trinajstić information content (AvgIpc) is 2.48. The molecule has 0 amide bonds. The van der Waals surface area contributed by atoms with Crippen LogP contribution in [0.2, 0.25) is 0 Å². The van der Waals surface area contributed by atoms with Crippen LogP contribution in [0.3, 0.4) is 0 Å². The van der Waals surface area contributed by atoms with Crippen molar-refractivity contribution in [1.29, 1.82) is 0 Å². The molecule has 0 fully saturated rings. The van der Waals surface area contributed by atoms with Gasteiger partial charge in [0.25, 0.3) is 0 Å². The first-order chi connectivity index (χ1) is 9.91. The number of ketones is 1. The predicted octanol–water partition coefficient (Wildman–Crippen LogP) is 4.56. The van der Waals surface area contributed by atoms with Crippen molar-refractivity contribution in [2.45, 2.75) is 12.3 Å². The lowest BCUT2D eigenvalue weighted by Gasteiger charge is -2.14. The van der Waals surface area contributed by atoms with Crippen molar-refractivity contribution < 1.29 is 27.1 Å². The quantitative estimate of drug-likeness (QED) is 0.597. The van der Waals surface area contributed by atoms with Crippen molar-refractivity contribution in [3.63, 3.8) is 0 Å². The zero-order chi connectivity index (χ0) is 15.5. The summed E-state index contributed by atoms with van der Waals surface area (Å²) >= 11 is 0. The fraction of sp³-hybridized carbons (Fsp3) is 0.133. The molecule has 2 aromatic carbocycles. The molecule has 0 N–H and O–H groups in total. The van der Waals surface area contributed by atoms with Crippen molar-refractivity contribution >= 4 is 5.78 Å². The van der Waals surface area contributed by atoms with E-state index in [1.54, 1.807) is 30.3 Å².